The molecule has 2 aromatic heterocycles. The Hall–Kier alpha value is -2.67. The summed E-state index contributed by atoms with van der Waals surface area (Å²) in [4.78, 5) is 24.0. The second kappa shape index (κ2) is 7.99. The number of ether oxygens (including phenoxy) is 2. The molecular formula is C22H25N3O3S. The van der Waals surface area contributed by atoms with E-state index in [1.807, 2.05) is 39.8 Å². The molecule has 3 aromatic rings. The van der Waals surface area contributed by atoms with Gasteiger partial charge in [-0.3, -0.25) is 4.79 Å². The molecule has 4 rings (SSSR count). The molecule has 7 heteroatoms. The number of nitrogens with one attached hydrogen (secondary N) is 1. The second-order valence-corrected chi connectivity index (χ2v) is 8.16. The monoisotopic (exact) mass is 411 g/mol. The van der Waals surface area contributed by atoms with E-state index in [0.29, 0.717) is 41.2 Å². The summed E-state index contributed by atoms with van der Waals surface area (Å²) in [5.74, 6) is 2.54. The Morgan fingerprint density at radius 3 is 2.55 bits per heavy atom. The van der Waals surface area contributed by atoms with Crippen LogP contribution in [0, 0.1) is 13.8 Å². The first kappa shape index (κ1) is 19.6. The van der Waals surface area contributed by atoms with Gasteiger partial charge >= 0.3 is 0 Å². The molecule has 0 unspecified atom stereocenters. The maximum Gasteiger partial charge on any atom is 0.266 e. The minimum atomic E-state index is -0.149. The molecule has 1 aliphatic rings. The maximum atomic E-state index is 13.0. The van der Waals surface area contributed by atoms with Crippen LogP contribution in [0.5, 0.6) is 11.5 Å². The van der Waals surface area contributed by atoms with Crippen LogP contribution in [-0.4, -0.2) is 29.1 Å². The minimum Gasteiger partial charge on any atom is -0.490 e. The molecule has 152 valence electrons. The summed E-state index contributed by atoms with van der Waals surface area (Å²) in [7, 11) is 0. The van der Waals surface area contributed by atoms with E-state index >= 15 is 0 Å². The van der Waals surface area contributed by atoms with Crippen molar-refractivity contribution >= 4 is 33.1 Å². The van der Waals surface area contributed by atoms with Crippen LogP contribution in [0.3, 0.4) is 0 Å². The molecule has 2 heterocycles. The third-order valence-corrected chi connectivity index (χ3v) is 6.12. The molecule has 29 heavy (non-hydrogen) atoms. The Labute approximate surface area is 174 Å². The summed E-state index contributed by atoms with van der Waals surface area (Å²) < 4.78 is 11.2. The first-order chi connectivity index (χ1) is 14.0. The molecule has 1 aliphatic carbocycles. The number of rotatable bonds is 7. The first-order valence-electron chi connectivity index (χ1n) is 10.00. The van der Waals surface area contributed by atoms with Gasteiger partial charge in [-0.25, -0.2) is 9.97 Å². The van der Waals surface area contributed by atoms with E-state index in [1.54, 1.807) is 6.07 Å². The summed E-state index contributed by atoms with van der Waals surface area (Å²) in [6, 6.07) is 5.44. The fourth-order valence-electron chi connectivity index (χ4n) is 3.42. The Bertz CT molecular complexity index is 1070. The maximum absolute atomic E-state index is 13.0. The van der Waals surface area contributed by atoms with Gasteiger partial charge in [0.15, 0.2) is 11.5 Å². The zero-order valence-electron chi connectivity index (χ0n) is 17.2. The lowest BCUT2D eigenvalue weighted by atomic mass is 10.1. The highest BCUT2D eigenvalue weighted by Gasteiger charge is 2.28. The fraction of sp³-hybridized carbons (Fsp3) is 0.409. The first-order valence-corrected chi connectivity index (χ1v) is 10.8. The number of benzene rings is 1. The number of thiophene rings is 1. The largest absolute Gasteiger partial charge is 0.490 e. The van der Waals surface area contributed by atoms with Crippen molar-refractivity contribution in [2.75, 3.05) is 18.5 Å². The molecule has 0 spiro atoms. The number of fused-ring (bicyclic) bond motifs is 1. The van der Waals surface area contributed by atoms with E-state index in [4.69, 9.17) is 14.5 Å². The van der Waals surface area contributed by atoms with Gasteiger partial charge < -0.3 is 14.8 Å². The highest BCUT2D eigenvalue weighted by atomic mass is 32.1. The molecule has 1 amide bonds. The lowest BCUT2D eigenvalue weighted by molar-refractivity contribution is 0.103. The molecule has 0 aliphatic heterocycles. The van der Waals surface area contributed by atoms with Crippen molar-refractivity contribution < 1.29 is 14.3 Å². The normalized spacial score (nSPS) is 13.5. The number of aromatic nitrogens is 2. The van der Waals surface area contributed by atoms with Crippen molar-refractivity contribution in [3.63, 3.8) is 0 Å². The number of aryl methyl sites for hydroxylation is 2. The van der Waals surface area contributed by atoms with Gasteiger partial charge in [-0.1, -0.05) is 0 Å². The summed E-state index contributed by atoms with van der Waals surface area (Å²) in [6.07, 6.45) is 2.31. The molecule has 0 saturated heterocycles. The molecule has 6 nitrogen and oxygen atoms in total. The molecular weight excluding hydrogens is 386 g/mol. The topological polar surface area (TPSA) is 73.3 Å². The van der Waals surface area contributed by atoms with Crippen molar-refractivity contribution in [2.24, 2.45) is 0 Å². The van der Waals surface area contributed by atoms with E-state index in [2.05, 4.69) is 10.3 Å². The van der Waals surface area contributed by atoms with Gasteiger partial charge in [0.2, 0.25) is 0 Å². The van der Waals surface area contributed by atoms with Crippen molar-refractivity contribution in [3.05, 3.63) is 40.2 Å². The zero-order chi connectivity index (χ0) is 20.5. The second-order valence-electron chi connectivity index (χ2n) is 7.16. The van der Waals surface area contributed by atoms with E-state index in [9.17, 15) is 4.79 Å². The summed E-state index contributed by atoms with van der Waals surface area (Å²) >= 11 is 1.43. The predicted molar refractivity (Wildman–Crippen MR) is 116 cm³/mol. The number of nitrogens with zero attached hydrogens (tertiary/aromatic N) is 2. The lowest BCUT2D eigenvalue weighted by Crippen LogP contribution is -2.11. The number of hydrogen-bond donors (Lipinski definition) is 1. The van der Waals surface area contributed by atoms with Crippen molar-refractivity contribution in [2.45, 2.75) is 46.5 Å². The zero-order valence-corrected chi connectivity index (χ0v) is 18.0. The Kier molecular flexibility index (Phi) is 5.41. The van der Waals surface area contributed by atoms with E-state index in [0.717, 1.165) is 40.1 Å². The minimum absolute atomic E-state index is 0.149. The van der Waals surface area contributed by atoms with Gasteiger partial charge in [-0.2, -0.15) is 0 Å². The van der Waals surface area contributed by atoms with Crippen LogP contribution >= 0.6 is 11.3 Å². The fourth-order valence-corrected chi connectivity index (χ4v) is 4.55. The third kappa shape index (κ3) is 3.92. The van der Waals surface area contributed by atoms with E-state index in [-0.39, 0.29) is 5.91 Å². The summed E-state index contributed by atoms with van der Waals surface area (Å²) in [6.45, 7) is 8.88. The van der Waals surface area contributed by atoms with Crippen molar-refractivity contribution in [1.29, 1.82) is 0 Å². The summed E-state index contributed by atoms with van der Waals surface area (Å²) in [5.41, 5.74) is 2.54. The Morgan fingerprint density at radius 2 is 1.86 bits per heavy atom. The number of carbonyl (C=O) groups excluding carboxylic acids is 1. The number of anilines is 1. The Morgan fingerprint density at radius 1 is 1.14 bits per heavy atom. The van der Waals surface area contributed by atoms with Crippen LogP contribution < -0.4 is 14.8 Å². The van der Waals surface area contributed by atoms with E-state index < -0.39 is 0 Å². The molecule has 1 aromatic carbocycles. The SMILES string of the molecule is CCOc1ccc(NC(=O)c2sc3nc(C4CC4)nc(C)c3c2C)cc1OCC. The predicted octanol–water partition coefficient (Wildman–Crippen LogP) is 5.24. The quantitative estimate of drug-likeness (QED) is 0.576. The molecule has 0 bridgehead atoms. The molecule has 1 fully saturated rings. The highest BCUT2D eigenvalue weighted by Crippen LogP contribution is 2.40. The molecule has 0 radical (unpaired) electrons. The highest BCUT2D eigenvalue weighted by molar-refractivity contribution is 7.20. The van der Waals surface area contributed by atoms with Gasteiger partial charge in [0.25, 0.3) is 5.91 Å². The van der Waals surface area contributed by atoms with Crippen LogP contribution in [0.25, 0.3) is 10.2 Å². The van der Waals surface area contributed by atoms with Crippen molar-refractivity contribution in [3.8, 4) is 11.5 Å². The van der Waals surface area contributed by atoms with Gasteiger partial charge in [0.05, 0.1) is 23.8 Å². The molecule has 1 saturated carbocycles. The summed E-state index contributed by atoms with van der Waals surface area (Å²) in [5, 5.41) is 3.98. The number of hydrogen-bond acceptors (Lipinski definition) is 6. The Balaban J connectivity index is 1.63. The number of carbonyl (C=O) groups is 1. The van der Waals surface area contributed by atoms with Crippen LogP contribution in [0.2, 0.25) is 0 Å². The average molecular weight is 412 g/mol. The van der Waals surface area contributed by atoms with Gasteiger partial charge in [0.1, 0.15) is 10.7 Å². The van der Waals surface area contributed by atoms with E-state index in [1.165, 1.54) is 11.3 Å². The van der Waals surface area contributed by atoms with Gasteiger partial charge in [-0.05, 0) is 58.2 Å². The number of amides is 1. The van der Waals surface area contributed by atoms with Gasteiger partial charge in [-0.15, -0.1) is 11.3 Å². The van der Waals surface area contributed by atoms with Crippen molar-refractivity contribution in [1.82, 2.24) is 9.97 Å². The van der Waals surface area contributed by atoms with Crippen LogP contribution in [-0.2, 0) is 0 Å². The lowest BCUT2D eigenvalue weighted by Gasteiger charge is -2.13. The third-order valence-electron chi connectivity index (χ3n) is 4.94. The molecule has 1 N–H and O–H groups in total. The van der Waals surface area contributed by atoms with Gasteiger partial charge in [0, 0.05) is 23.1 Å². The van der Waals surface area contributed by atoms with Crippen LogP contribution in [0.4, 0.5) is 5.69 Å². The van der Waals surface area contributed by atoms with Crippen LogP contribution in [0.1, 0.15) is 59.4 Å². The molecule has 0 atom stereocenters. The smallest absolute Gasteiger partial charge is 0.266 e. The van der Waals surface area contributed by atoms with Crippen LogP contribution in [0.15, 0.2) is 18.2 Å². The standard InChI is InChI=1S/C22H25N3O3S/c1-5-27-16-10-9-15(11-17(16)28-6-2)24-21(26)19-12(3)18-13(4)23-20(14-7-8-14)25-22(18)29-19/h9-11,14H,5-8H2,1-4H3,(H,24,26). The average Bonchev–Trinajstić information content (AvgIpc) is 3.48.